The zero-order valence-corrected chi connectivity index (χ0v) is 8.64. The van der Waals surface area contributed by atoms with Gasteiger partial charge in [-0.15, -0.1) is 0 Å². The Kier molecular flexibility index (Phi) is 9.10. The van der Waals surface area contributed by atoms with Crippen molar-refractivity contribution >= 4 is 5.91 Å². The molecule has 13 heavy (non-hydrogen) atoms. The molecule has 0 aromatic rings. The van der Waals surface area contributed by atoms with E-state index in [1.54, 1.807) is 0 Å². The van der Waals surface area contributed by atoms with Crippen LogP contribution in [0.2, 0.25) is 0 Å². The molecular formula is C10H22N2O. The van der Waals surface area contributed by atoms with Gasteiger partial charge in [0.05, 0.1) is 0 Å². The maximum atomic E-state index is 11.0. The standard InChI is InChI=1S/C10H22N2O/c1-2-7-10(13)12-9-6-4-3-5-8-11/h2-9,11H2,1H3,(H,12,13). The number of nitrogens with two attached hydrogens (primary N) is 1. The summed E-state index contributed by atoms with van der Waals surface area (Å²) >= 11 is 0. The molecule has 0 aliphatic carbocycles. The maximum Gasteiger partial charge on any atom is 0.219 e. The molecule has 3 heteroatoms. The Morgan fingerprint density at radius 3 is 2.54 bits per heavy atom. The van der Waals surface area contributed by atoms with Crippen LogP contribution in [0.5, 0.6) is 0 Å². The van der Waals surface area contributed by atoms with Gasteiger partial charge in [-0.1, -0.05) is 19.8 Å². The van der Waals surface area contributed by atoms with E-state index in [2.05, 4.69) is 5.32 Å². The van der Waals surface area contributed by atoms with Crippen LogP contribution in [0.1, 0.15) is 45.4 Å². The van der Waals surface area contributed by atoms with Crippen molar-refractivity contribution in [3.8, 4) is 0 Å². The van der Waals surface area contributed by atoms with Crippen LogP contribution in [-0.4, -0.2) is 19.0 Å². The topological polar surface area (TPSA) is 55.1 Å². The summed E-state index contributed by atoms with van der Waals surface area (Å²) in [6.45, 7) is 3.62. The molecule has 0 saturated heterocycles. The number of unbranched alkanes of at least 4 members (excludes halogenated alkanes) is 3. The van der Waals surface area contributed by atoms with Gasteiger partial charge in [0, 0.05) is 13.0 Å². The molecule has 3 N–H and O–H groups in total. The highest BCUT2D eigenvalue weighted by Gasteiger charge is 1.96. The van der Waals surface area contributed by atoms with Crippen LogP contribution in [0.3, 0.4) is 0 Å². The van der Waals surface area contributed by atoms with Crippen molar-refractivity contribution in [1.29, 1.82) is 0 Å². The van der Waals surface area contributed by atoms with Crippen LogP contribution in [0, 0.1) is 0 Å². The van der Waals surface area contributed by atoms with E-state index >= 15 is 0 Å². The Labute approximate surface area is 81.1 Å². The molecule has 0 saturated carbocycles. The summed E-state index contributed by atoms with van der Waals surface area (Å²) in [6.07, 6.45) is 6.12. The van der Waals surface area contributed by atoms with Crippen LogP contribution in [0.4, 0.5) is 0 Å². The van der Waals surface area contributed by atoms with E-state index in [4.69, 9.17) is 5.73 Å². The molecule has 0 aromatic carbocycles. The molecule has 0 radical (unpaired) electrons. The fourth-order valence-electron chi connectivity index (χ4n) is 1.17. The van der Waals surface area contributed by atoms with Gasteiger partial charge in [-0.25, -0.2) is 0 Å². The van der Waals surface area contributed by atoms with Crippen molar-refractivity contribution in [3.05, 3.63) is 0 Å². The zero-order chi connectivity index (χ0) is 9.94. The summed E-state index contributed by atoms with van der Waals surface area (Å²) in [5.41, 5.74) is 5.36. The second-order valence-corrected chi connectivity index (χ2v) is 3.30. The third kappa shape index (κ3) is 9.34. The van der Waals surface area contributed by atoms with Crippen LogP contribution in [-0.2, 0) is 4.79 Å². The fraction of sp³-hybridized carbons (Fsp3) is 0.900. The average molecular weight is 186 g/mol. The van der Waals surface area contributed by atoms with Gasteiger partial charge in [0.1, 0.15) is 0 Å². The number of hydrogen-bond donors (Lipinski definition) is 2. The highest BCUT2D eigenvalue weighted by molar-refractivity contribution is 5.75. The zero-order valence-electron chi connectivity index (χ0n) is 8.64. The van der Waals surface area contributed by atoms with E-state index in [9.17, 15) is 4.79 Å². The summed E-state index contributed by atoms with van der Waals surface area (Å²) in [4.78, 5) is 11.0. The maximum absolute atomic E-state index is 11.0. The van der Waals surface area contributed by atoms with Crippen molar-refractivity contribution in [2.75, 3.05) is 13.1 Å². The molecule has 0 bridgehead atoms. The molecule has 0 unspecified atom stereocenters. The molecule has 0 spiro atoms. The Bertz CT molecular complexity index is 126. The van der Waals surface area contributed by atoms with Gasteiger partial charge in [-0.2, -0.15) is 0 Å². The largest absolute Gasteiger partial charge is 0.356 e. The molecule has 3 nitrogen and oxygen atoms in total. The number of nitrogens with one attached hydrogen (secondary N) is 1. The van der Waals surface area contributed by atoms with Gasteiger partial charge in [-0.3, -0.25) is 4.79 Å². The Balaban J connectivity index is 3.02. The molecule has 0 heterocycles. The van der Waals surface area contributed by atoms with Crippen LogP contribution in [0.25, 0.3) is 0 Å². The minimum Gasteiger partial charge on any atom is -0.356 e. The Morgan fingerprint density at radius 2 is 1.92 bits per heavy atom. The predicted octanol–water partition coefficient (Wildman–Crippen LogP) is 1.42. The average Bonchev–Trinajstić information content (AvgIpc) is 2.11. The molecule has 78 valence electrons. The van der Waals surface area contributed by atoms with Gasteiger partial charge < -0.3 is 11.1 Å². The second kappa shape index (κ2) is 9.52. The first-order chi connectivity index (χ1) is 6.31. The van der Waals surface area contributed by atoms with Crippen molar-refractivity contribution in [1.82, 2.24) is 5.32 Å². The number of amides is 1. The van der Waals surface area contributed by atoms with Gasteiger partial charge in [0.2, 0.25) is 5.91 Å². The number of carbonyl (C=O) groups excluding carboxylic acids is 1. The summed E-state index contributed by atoms with van der Waals surface area (Å²) in [7, 11) is 0. The molecular weight excluding hydrogens is 164 g/mol. The van der Waals surface area contributed by atoms with E-state index < -0.39 is 0 Å². The molecule has 0 atom stereocenters. The van der Waals surface area contributed by atoms with Crippen LogP contribution < -0.4 is 11.1 Å². The normalized spacial score (nSPS) is 10.0. The summed E-state index contributed by atoms with van der Waals surface area (Å²) < 4.78 is 0. The third-order valence-corrected chi connectivity index (χ3v) is 1.93. The van der Waals surface area contributed by atoms with Crippen molar-refractivity contribution in [2.45, 2.75) is 45.4 Å². The minimum absolute atomic E-state index is 0.182. The smallest absolute Gasteiger partial charge is 0.219 e. The first-order valence-electron chi connectivity index (χ1n) is 5.28. The summed E-state index contributed by atoms with van der Waals surface area (Å²) in [5.74, 6) is 0.182. The molecule has 0 aromatic heterocycles. The molecule has 1 amide bonds. The monoisotopic (exact) mass is 186 g/mol. The van der Waals surface area contributed by atoms with E-state index in [1.165, 1.54) is 12.8 Å². The predicted molar refractivity (Wildman–Crippen MR) is 55.4 cm³/mol. The Hall–Kier alpha value is -0.570. The summed E-state index contributed by atoms with van der Waals surface area (Å²) in [5, 5.41) is 2.89. The van der Waals surface area contributed by atoms with Gasteiger partial charge in [0.25, 0.3) is 0 Å². The molecule has 0 aliphatic rings. The quantitative estimate of drug-likeness (QED) is 0.563. The third-order valence-electron chi connectivity index (χ3n) is 1.93. The fourth-order valence-corrected chi connectivity index (χ4v) is 1.17. The van der Waals surface area contributed by atoms with Crippen LogP contribution in [0.15, 0.2) is 0 Å². The van der Waals surface area contributed by atoms with Gasteiger partial charge >= 0.3 is 0 Å². The molecule has 0 rings (SSSR count). The number of hydrogen-bond acceptors (Lipinski definition) is 2. The lowest BCUT2D eigenvalue weighted by atomic mass is 10.2. The van der Waals surface area contributed by atoms with Crippen molar-refractivity contribution < 1.29 is 4.79 Å². The minimum atomic E-state index is 0.182. The van der Waals surface area contributed by atoms with Gasteiger partial charge in [-0.05, 0) is 25.8 Å². The number of rotatable bonds is 8. The van der Waals surface area contributed by atoms with E-state index in [-0.39, 0.29) is 5.91 Å². The van der Waals surface area contributed by atoms with Crippen molar-refractivity contribution in [2.24, 2.45) is 5.73 Å². The van der Waals surface area contributed by atoms with Gasteiger partial charge in [0.15, 0.2) is 0 Å². The van der Waals surface area contributed by atoms with E-state index in [0.29, 0.717) is 6.42 Å². The highest BCUT2D eigenvalue weighted by atomic mass is 16.1. The van der Waals surface area contributed by atoms with E-state index in [1.807, 2.05) is 6.92 Å². The first-order valence-corrected chi connectivity index (χ1v) is 5.28. The molecule has 0 aliphatic heterocycles. The lowest BCUT2D eigenvalue weighted by Gasteiger charge is -2.03. The Morgan fingerprint density at radius 1 is 1.23 bits per heavy atom. The number of carbonyl (C=O) groups is 1. The SMILES string of the molecule is CCCC(=O)NCCCCCCN. The van der Waals surface area contributed by atoms with Crippen molar-refractivity contribution in [3.63, 3.8) is 0 Å². The van der Waals surface area contributed by atoms with Crippen LogP contribution >= 0.6 is 0 Å². The van der Waals surface area contributed by atoms with E-state index in [0.717, 1.165) is 32.4 Å². The second-order valence-electron chi connectivity index (χ2n) is 3.30. The molecule has 0 fully saturated rings. The lowest BCUT2D eigenvalue weighted by Crippen LogP contribution is -2.23. The first kappa shape index (κ1) is 12.4. The lowest BCUT2D eigenvalue weighted by molar-refractivity contribution is -0.121. The highest BCUT2D eigenvalue weighted by Crippen LogP contribution is 1.97. The summed E-state index contributed by atoms with van der Waals surface area (Å²) in [6, 6.07) is 0.